The summed E-state index contributed by atoms with van der Waals surface area (Å²) in [4.78, 5) is 38.4. The molecule has 0 aromatic rings. The quantitative estimate of drug-likeness (QED) is 0.0261. The highest BCUT2D eigenvalue weighted by Gasteiger charge is 2.19. The molecule has 0 rings (SSSR count). The van der Waals surface area contributed by atoms with Crippen LogP contribution in [0.15, 0.2) is 122 Å². The van der Waals surface area contributed by atoms with E-state index in [2.05, 4.69) is 142 Å². The second-order valence-electron chi connectivity index (χ2n) is 22.0. The van der Waals surface area contributed by atoms with Crippen LogP contribution >= 0.6 is 0 Å². The highest BCUT2D eigenvalue weighted by molar-refractivity contribution is 5.71. The van der Waals surface area contributed by atoms with E-state index in [9.17, 15) is 14.4 Å². The van der Waals surface area contributed by atoms with E-state index in [0.29, 0.717) is 19.3 Å². The summed E-state index contributed by atoms with van der Waals surface area (Å²) >= 11 is 0. The number of rotatable bonds is 60. The summed E-state index contributed by atoms with van der Waals surface area (Å²) in [5, 5.41) is 0. The van der Waals surface area contributed by atoms with Crippen LogP contribution in [0.25, 0.3) is 0 Å². The molecule has 1 atom stereocenters. The molecule has 0 aromatic heterocycles. The van der Waals surface area contributed by atoms with Gasteiger partial charge in [-0.2, -0.15) is 0 Å². The Morgan fingerprint density at radius 3 is 0.800 bits per heavy atom. The number of carbonyl (C=O) groups is 3. The summed E-state index contributed by atoms with van der Waals surface area (Å²) in [5.74, 6) is -0.922. The standard InChI is InChI=1S/C74H124O6/c1-4-7-10-13-16-19-22-25-28-30-32-33-34-35-36-37-38-39-40-41-43-44-46-49-52-55-58-61-64-67-73(76)79-70-71(69-78-72(75)66-63-60-57-54-51-48-27-24-21-18-15-12-9-6-3)80-74(77)68-65-62-59-56-53-50-47-45-42-31-29-26-23-20-17-14-11-8-5-2/h7,10,15-16,18-19,24-25,27-28,32-33,35-36,38-39,41,43,46,49,71H,4-6,8-9,11-14,17,20-23,26,29-31,34,37,40,42,44-45,47-48,50-70H2,1-3H3/b10-7-,18-15-,19-16-,27-24-,28-25-,33-32-,36-35-,39-38-,43-41-,49-46-. The molecule has 0 aliphatic heterocycles. The van der Waals surface area contributed by atoms with Crippen molar-refractivity contribution in [2.24, 2.45) is 0 Å². The smallest absolute Gasteiger partial charge is 0.306 e. The zero-order valence-electron chi connectivity index (χ0n) is 52.3. The Labute approximate surface area is 494 Å². The molecule has 0 saturated carbocycles. The fourth-order valence-electron chi connectivity index (χ4n) is 9.18. The fraction of sp³-hybridized carbons (Fsp3) is 0.689. The van der Waals surface area contributed by atoms with Crippen molar-refractivity contribution in [3.8, 4) is 0 Å². The minimum atomic E-state index is -0.797. The predicted molar refractivity (Wildman–Crippen MR) is 348 cm³/mol. The van der Waals surface area contributed by atoms with Crippen LogP contribution in [0.3, 0.4) is 0 Å². The monoisotopic (exact) mass is 1110 g/mol. The molecular formula is C74H124O6. The molecule has 1 unspecified atom stereocenters. The molecule has 0 radical (unpaired) electrons. The van der Waals surface area contributed by atoms with E-state index in [4.69, 9.17) is 14.2 Å². The molecule has 6 heteroatoms. The zero-order valence-corrected chi connectivity index (χ0v) is 52.3. The molecule has 0 aromatic carbocycles. The molecule has 0 spiro atoms. The molecule has 0 saturated heterocycles. The molecule has 6 nitrogen and oxygen atoms in total. The fourth-order valence-corrected chi connectivity index (χ4v) is 9.18. The first-order valence-electron chi connectivity index (χ1n) is 33.5. The first-order valence-corrected chi connectivity index (χ1v) is 33.5. The van der Waals surface area contributed by atoms with Crippen molar-refractivity contribution < 1.29 is 28.6 Å². The van der Waals surface area contributed by atoms with Crippen LogP contribution in [0.4, 0.5) is 0 Å². The van der Waals surface area contributed by atoms with Crippen molar-refractivity contribution in [1.29, 1.82) is 0 Å². The van der Waals surface area contributed by atoms with Crippen LogP contribution in [0.5, 0.6) is 0 Å². The summed E-state index contributed by atoms with van der Waals surface area (Å²) < 4.78 is 16.9. The summed E-state index contributed by atoms with van der Waals surface area (Å²) in [6.07, 6.45) is 93.5. The summed E-state index contributed by atoms with van der Waals surface area (Å²) in [5.41, 5.74) is 0. The van der Waals surface area contributed by atoms with E-state index >= 15 is 0 Å². The highest BCUT2D eigenvalue weighted by atomic mass is 16.6. The summed E-state index contributed by atoms with van der Waals surface area (Å²) in [6.45, 7) is 6.48. The first-order chi connectivity index (χ1) is 39.5. The van der Waals surface area contributed by atoms with Gasteiger partial charge in [0.25, 0.3) is 0 Å². The van der Waals surface area contributed by atoms with Gasteiger partial charge in [0.1, 0.15) is 13.2 Å². The Morgan fingerprint density at radius 2 is 0.500 bits per heavy atom. The van der Waals surface area contributed by atoms with Gasteiger partial charge in [0.2, 0.25) is 0 Å². The predicted octanol–water partition coefficient (Wildman–Crippen LogP) is 23.2. The van der Waals surface area contributed by atoms with E-state index in [-0.39, 0.29) is 31.1 Å². The molecular weight excluding hydrogens is 985 g/mol. The van der Waals surface area contributed by atoms with Crippen LogP contribution in [0.1, 0.15) is 310 Å². The normalized spacial score (nSPS) is 12.9. The number of esters is 3. The lowest BCUT2D eigenvalue weighted by molar-refractivity contribution is -0.167. The third-order valence-electron chi connectivity index (χ3n) is 14.2. The largest absolute Gasteiger partial charge is 0.462 e. The Morgan fingerprint density at radius 1 is 0.263 bits per heavy atom. The Bertz CT molecular complexity index is 1650. The van der Waals surface area contributed by atoms with Gasteiger partial charge in [-0.05, 0) is 109 Å². The summed E-state index contributed by atoms with van der Waals surface area (Å²) in [7, 11) is 0. The maximum atomic E-state index is 12.9. The van der Waals surface area contributed by atoms with Gasteiger partial charge in [-0.15, -0.1) is 0 Å². The maximum Gasteiger partial charge on any atom is 0.306 e. The lowest BCUT2D eigenvalue weighted by Gasteiger charge is -2.18. The Kier molecular flexibility index (Phi) is 63.8. The summed E-state index contributed by atoms with van der Waals surface area (Å²) in [6, 6.07) is 0. The Balaban J connectivity index is 4.39. The third kappa shape index (κ3) is 64.6. The zero-order chi connectivity index (χ0) is 57.8. The van der Waals surface area contributed by atoms with Crippen LogP contribution in [0.2, 0.25) is 0 Å². The number of hydrogen-bond acceptors (Lipinski definition) is 6. The lowest BCUT2D eigenvalue weighted by atomic mass is 10.0. The minimum Gasteiger partial charge on any atom is -0.462 e. The van der Waals surface area contributed by atoms with Gasteiger partial charge in [0, 0.05) is 19.3 Å². The van der Waals surface area contributed by atoms with Gasteiger partial charge in [-0.25, -0.2) is 0 Å². The van der Waals surface area contributed by atoms with Crippen molar-refractivity contribution in [2.75, 3.05) is 13.2 Å². The van der Waals surface area contributed by atoms with Crippen LogP contribution in [0, 0.1) is 0 Å². The van der Waals surface area contributed by atoms with Crippen molar-refractivity contribution in [2.45, 2.75) is 316 Å². The molecule has 0 amide bonds. The third-order valence-corrected chi connectivity index (χ3v) is 14.2. The van der Waals surface area contributed by atoms with Gasteiger partial charge in [0.05, 0.1) is 0 Å². The van der Waals surface area contributed by atoms with E-state index < -0.39 is 6.10 Å². The van der Waals surface area contributed by atoms with Gasteiger partial charge in [-0.3, -0.25) is 14.4 Å². The minimum absolute atomic E-state index is 0.0933. The van der Waals surface area contributed by atoms with Gasteiger partial charge in [0.15, 0.2) is 6.10 Å². The molecule has 0 bridgehead atoms. The second-order valence-corrected chi connectivity index (χ2v) is 22.0. The van der Waals surface area contributed by atoms with E-state index in [1.807, 2.05) is 0 Å². The van der Waals surface area contributed by atoms with Gasteiger partial charge < -0.3 is 14.2 Å². The second kappa shape index (κ2) is 67.3. The number of hydrogen-bond donors (Lipinski definition) is 0. The molecule has 80 heavy (non-hydrogen) atoms. The number of carbonyl (C=O) groups excluding carboxylic acids is 3. The van der Waals surface area contributed by atoms with E-state index in [1.54, 1.807) is 0 Å². The maximum absolute atomic E-state index is 12.9. The van der Waals surface area contributed by atoms with Crippen LogP contribution < -0.4 is 0 Å². The van der Waals surface area contributed by atoms with Crippen molar-refractivity contribution in [3.63, 3.8) is 0 Å². The van der Waals surface area contributed by atoms with Gasteiger partial charge >= 0.3 is 17.9 Å². The Hall–Kier alpha value is -4.19. The van der Waals surface area contributed by atoms with Crippen molar-refractivity contribution in [3.05, 3.63) is 122 Å². The lowest BCUT2D eigenvalue weighted by Crippen LogP contribution is -2.30. The molecule has 0 heterocycles. The van der Waals surface area contributed by atoms with E-state index in [0.717, 1.165) is 148 Å². The molecule has 0 fully saturated rings. The van der Waals surface area contributed by atoms with Crippen LogP contribution in [-0.4, -0.2) is 37.2 Å². The average molecular weight is 1110 g/mol. The van der Waals surface area contributed by atoms with Crippen LogP contribution in [-0.2, 0) is 28.6 Å². The number of allylic oxidation sites excluding steroid dienone is 20. The van der Waals surface area contributed by atoms with Crippen molar-refractivity contribution in [1.82, 2.24) is 0 Å². The highest BCUT2D eigenvalue weighted by Crippen LogP contribution is 2.16. The van der Waals surface area contributed by atoms with Gasteiger partial charge in [-0.1, -0.05) is 303 Å². The topological polar surface area (TPSA) is 78.9 Å². The number of unbranched alkanes of at least 4 members (excludes halogenated alkanes) is 29. The first kappa shape index (κ1) is 75.8. The van der Waals surface area contributed by atoms with E-state index in [1.165, 1.54) is 122 Å². The number of ether oxygens (including phenoxy) is 3. The molecule has 0 aliphatic carbocycles. The SMILES string of the molecule is CC/C=C\C/C=C\C/C=C\C/C=C\C/C=C\C/C=C\C/C=C\C/C=C\CCCCCCC(=O)OCC(COC(=O)CCCCCCC/C=C\C/C=C\CCCC)OC(=O)CCCCCCCCCCCCCCCCCCCCC. The molecule has 0 N–H and O–H groups in total. The molecule has 456 valence electrons. The van der Waals surface area contributed by atoms with Crippen molar-refractivity contribution >= 4 is 17.9 Å². The average Bonchev–Trinajstić information content (AvgIpc) is 3.46. The molecule has 0 aliphatic rings.